The number of rotatable bonds is 7. The van der Waals surface area contributed by atoms with E-state index in [0.717, 1.165) is 38.5 Å². The second-order valence-electron chi connectivity index (χ2n) is 5.56. The van der Waals surface area contributed by atoms with Crippen LogP contribution in [0.25, 0.3) is 0 Å². The fourth-order valence-electron chi connectivity index (χ4n) is 2.52. The lowest BCUT2D eigenvalue weighted by molar-refractivity contribution is -0.000440. The maximum absolute atomic E-state index is 9.92. The SMILES string of the molecule is CCCCOCC(O)CN1CCC(C)CC1C. The van der Waals surface area contributed by atoms with E-state index in [2.05, 4.69) is 25.7 Å². The number of hydrogen-bond acceptors (Lipinski definition) is 3. The Bertz CT molecular complexity index is 199. The predicted molar refractivity (Wildman–Crippen MR) is 71.2 cm³/mol. The fourth-order valence-corrected chi connectivity index (χ4v) is 2.52. The topological polar surface area (TPSA) is 32.7 Å². The minimum absolute atomic E-state index is 0.331. The molecule has 1 aliphatic heterocycles. The van der Waals surface area contributed by atoms with Gasteiger partial charge in [0.25, 0.3) is 0 Å². The standard InChI is InChI=1S/C14H29NO2/c1-4-5-8-17-11-14(16)10-15-7-6-12(2)9-13(15)3/h12-14,16H,4-11H2,1-3H3. The van der Waals surface area contributed by atoms with Crippen LogP contribution in [0.1, 0.15) is 46.5 Å². The summed E-state index contributed by atoms with van der Waals surface area (Å²) in [6.45, 7) is 9.88. The third-order valence-electron chi connectivity index (χ3n) is 3.67. The Morgan fingerprint density at radius 1 is 1.41 bits per heavy atom. The average molecular weight is 243 g/mol. The van der Waals surface area contributed by atoms with E-state index in [1.54, 1.807) is 0 Å². The van der Waals surface area contributed by atoms with E-state index in [1.807, 2.05) is 0 Å². The van der Waals surface area contributed by atoms with E-state index in [9.17, 15) is 5.11 Å². The van der Waals surface area contributed by atoms with Crippen molar-refractivity contribution >= 4 is 0 Å². The number of aliphatic hydroxyl groups excluding tert-OH is 1. The highest BCUT2D eigenvalue weighted by molar-refractivity contribution is 4.78. The molecule has 1 fully saturated rings. The van der Waals surface area contributed by atoms with Gasteiger partial charge in [0, 0.05) is 19.2 Å². The Hall–Kier alpha value is -0.120. The molecule has 0 aromatic heterocycles. The molecule has 1 rings (SSSR count). The number of piperidine rings is 1. The minimum Gasteiger partial charge on any atom is -0.389 e. The van der Waals surface area contributed by atoms with Crippen molar-refractivity contribution in [1.82, 2.24) is 4.90 Å². The van der Waals surface area contributed by atoms with Crippen molar-refractivity contribution in [2.24, 2.45) is 5.92 Å². The lowest BCUT2D eigenvalue weighted by Gasteiger charge is -2.37. The molecule has 3 nitrogen and oxygen atoms in total. The van der Waals surface area contributed by atoms with Gasteiger partial charge in [-0.15, -0.1) is 0 Å². The Labute approximate surface area is 106 Å². The van der Waals surface area contributed by atoms with Gasteiger partial charge in [-0.1, -0.05) is 20.3 Å². The first-order valence-corrected chi connectivity index (χ1v) is 7.13. The van der Waals surface area contributed by atoms with Crippen molar-refractivity contribution in [3.8, 4) is 0 Å². The van der Waals surface area contributed by atoms with Gasteiger partial charge >= 0.3 is 0 Å². The molecule has 0 radical (unpaired) electrons. The molecule has 0 aromatic carbocycles. The summed E-state index contributed by atoms with van der Waals surface area (Å²) in [5.74, 6) is 0.833. The van der Waals surface area contributed by atoms with Gasteiger partial charge in [-0.3, -0.25) is 4.90 Å². The smallest absolute Gasteiger partial charge is 0.0900 e. The van der Waals surface area contributed by atoms with Crippen molar-refractivity contribution in [3.63, 3.8) is 0 Å². The van der Waals surface area contributed by atoms with Gasteiger partial charge in [-0.05, 0) is 38.6 Å². The molecule has 0 aromatic rings. The molecule has 0 amide bonds. The van der Waals surface area contributed by atoms with Gasteiger partial charge in [0.15, 0.2) is 0 Å². The van der Waals surface area contributed by atoms with E-state index in [1.165, 1.54) is 12.8 Å². The van der Waals surface area contributed by atoms with E-state index in [-0.39, 0.29) is 6.10 Å². The highest BCUT2D eigenvalue weighted by Gasteiger charge is 2.24. The van der Waals surface area contributed by atoms with Crippen molar-refractivity contribution in [2.45, 2.75) is 58.6 Å². The number of β-amino-alcohol motifs (C(OH)–C–C–N with tert-alkyl or cyclic N) is 1. The van der Waals surface area contributed by atoms with Crippen molar-refractivity contribution in [3.05, 3.63) is 0 Å². The molecule has 1 saturated heterocycles. The van der Waals surface area contributed by atoms with Crippen LogP contribution in [0.5, 0.6) is 0 Å². The minimum atomic E-state index is -0.331. The van der Waals surface area contributed by atoms with Crippen LogP contribution < -0.4 is 0 Å². The van der Waals surface area contributed by atoms with Crippen LogP contribution in [0, 0.1) is 5.92 Å². The maximum Gasteiger partial charge on any atom is 0.0900 e. The van der Waals surface area contributed by atoms with Gasteiger partial charge in [-0.2, -0.15) is 0 Å². The van der Waals surface area contributed by atoms with Crippen LogP contribution in [0.2, 0.25) is 0 Å². The molecular weight excluding hydrogens is 214 g/mol. The third kappa shape index (κ3) is 5.84. The maximum atomic E-state index is 9.92. The Morgan fingerprint density at radius 2 is 2.18 bits per heavy atom. The van der Waals surface area contributed by atoms with Crippen LogP contribution in [0.4, 0.5) is 0 Å². The predicted octanol–water partition coefficient (Wildman–Crippen LogP) is 2.28. The van der Waals surface area contributed by atoms with Crippen molar-refractivity contribution < 1.29 is 9.84 Å². The van der Waals surface area contributed by atoms with Gasteiger partial charge in [0.1, 0.15) is 0 Å². The molecule has 0 aliphatic carbocycles. The molecule has 17 heavy (non-hydrogen) atoms. The molecule has 0 saturated carbocycles. The average Bonchev–Trinajstić information content (AvgIpc) is 2.28. The van der Waals surface area contributed by atoms with E-state index in [4.69, 9.17) is 4.74 Å². The first kappa shape index (κ1) is 14.9. The molecule has 0 spiro atoms. The lowest BCUT2D eigenvalue weighted by atomic mass is 9.93. The molecule has 1 aliphatic rings. The summed E-state index contributed by atoms with van der Waals surface area (Å²) >= 11 is 0. The molecule has 3 heteroatoms. The van der Waals surface area contributed by atoms with Gasteiger partial charge in [-0.25, -0.2) is 0 Å². The van der Waals surface area contributed by atoms with Crippen LogP contribution in [-0.2, 0) is 4.74 Å². The summed E-state index contributed by atoms with van der Waals surface area (Å²) in [7, 11) is 0. The zero-order valence-electron chi connectivity index (χ0n) is 11.7. The summed E-state index contributed by atoms with van der Waals surface area (Å²) in [5, 5.41) is 9.92. The quantitative estimate of drug-likeness (QED) is 0.696. The summed E-state index contributed by atoms with van der Waals surface area (Å²) < 4.78 is 5.46. The molecule has 3 atom stereocenters. The van der Waals surface area contributed by atoms with Crippen molar-refractivity contribution in [2.75, 3.05) is 26.3 Å². The number of hydrogen-bond donors (Lipinski definition) is 1. The molecule has 0 bridgehead atoms. The second-order valence-corrected chi connectivity index (χ2v) is 5.56. The molecule has 1 N–H and O–H groups in total. The van der Waals surface area contributed by atoms with Crippen LogP contribution in [0.3, 0.4) is 0 Å². The number of nitrogens with zero attached hydrogens (tertiary/aromatic N) is 1. The molecule has 1 heterocycles. The molecule has 102 valence electrons. The number of likely N-dealkylation sites (tertiary alicyclic amines) is 1. The third-order valence-corrected chi connectivity index (χ3v) is 3.67. The fraction of sp³-hybridized carbons (Fsp3) is 1.00. The Morgan fingerprint density at radius 3 is 2.82 bits per heavy atom. The Kier molecular flexibility index (Phi) is 7.09. The highest BCUT2D eigenvalue weighted by Crippen LogP contribution is 2.21. The lowest BCUT2D eigenvalue weighted by Crippen LogP contribution is -2.45. The van der Waals surface area contributed by atoms with Crippen LogP contribution in [-0.4, -0.2) is 48.5 Å². The van der Waals surface area contributed by atoms with Crippen LogP contribution >= 0.6 is 0 Å². The zero-order chi connectivity index (χ0) is 12.7. The number of ether oxygens (including phenoxy) is 1. The van der Waals surface area contributed by atoms with Gasteiger partial charge in [0.2, 0.25) is 0 Å². The van der Waals surface area contributed by atoms with Crippen LogP contribution in [0.15, 0.2) is 0 Å². The normalized spacial score (nSPS) is 28.2. The highest BCUT2D eigenvalue weighted by atomic mass is 16.5. The number of aliphatic hydroxyl groups is 1. The van der Waals surface area contributed by atoms with Gasteiger partial charge < -0.3 is 9.84 Å². The summed E-state index contributed by atoms with van der Waals surface area (Å²) in [4.78, 5) is 2.40. The van der Waals surface area contributed by atoms with E-state index in [0.29, 0.717) is 12.6 Å². The second kappa shape index (κ2) is 8.06. The Balaban J connectivity index is 2.14. The molecule has 3 unspecified atom stereocenters. The summed E-state index contributed by atoms with van der Waals surface area (Å²) in [6.07, 6.45) is 4.42. The monoisotopic (exact) mass is 243 g/mol. The van der Waals surface area contributed by atoms with Gasteiger partial charge in [0.05, 0.1) is 12.7 Å². The van der Waals surface area contributed by atoms with Crippen molar-refractivity contribution in [1.29, 1.82) is 0 Å². The van der Waals surface area contributed by atoms with E-state index < -0.39 is 0 Å². The zero-order valence-corrected chi connectivity index (χ0v) is 11.7. The summed E-state index contributed by atoms with van der Waals surface area (Å²) in [5.41, 5.74) is 0. The first-order chi connectivity index (χ1) is 8.13. The summed E-state index contributed by atoms with van der Waals surface area (Å²) in [6, 6.07) is 0.601. The number of unbranched alkanes of at least 4 members (excludes halogenated alkanes) is 1. The molecular formula is C14H29NO2. The largest absolute Gasteiger partial charge is 0.389 e. The van der Waals surface area contributed by atoms with E-state index >= 15 is 0 Å². The first-order valence-electron chi connectivity index (χ1n) is 7.13.